The molecule has 7 nitrogen and oxygen atoms in total. The van der Waals surface area contributed by atoms with Gasteiger partial charge in [0, 0.05) is 12.5 Å². The number of carbonyl (C=O) groups excluding carboxylic acids is 2. The van der Waals surface area contributed by atoms with Gasteiger partial charge in [0.1, 0.15) is 6.04 Å². The first kappa shape index (κ1) is 17.3. The van der Waals surface area contributed by atoms with Crippen molar-refractivity contribution in [2.24, 2.45) is 11.7 Å². The third kappa shape index (κ3) is 6.46. The highest BCUT2D eigenvalue weighted by molar-refractivity contribution is 5.83. The van der Waals surface area contributed by atoms with Crippen molar-refractivity contribution in [3.05, 3.63) is 0 Å². The predicted octanol–water partition coefficient (Wildman–Crippen LogP) is 0.973. The molecule has 5 N–H and O–H groups in total. The average Bonchev–Trinajstić information content (AvgIpc) is 2.43. The zero-order valence-electron chi connectivity index (χ0n) is 12.4. The van der Waals surface area contributed by atoms with E-state index < -0.39 is 23.9 Å². The fourth-order valence-corrected chi connectivity index (χ4v) is 2.70. The molecule has 1 saturated carbocycles. The van der Waals surface area contributed by atoms with Crippen LogP contribution in [-0.2, 0) is 9.59 Å². The topological polar surface area (TPSA) is 122 Å². The first-order valence-corrected chi connectivity index (χ1v) is 7.48. The number of carboxylic acid groups (broad SMARTS) is 1. The second-order valence-electron chi connectivity index (χ2n) is 5.70. The molecule has 1 rings (SSSR count). The van der Waals surface area contributed by atoms with Crippen LogP contribution in [0.5, 0.6) is 0 Å². The van der Waals surface area contributed by atoms with E-state index in [4.69, 9.17) is 10.8 Å². The third-order valence-corrected chi connectivity index (χ3v) is 4.00. The second kappa shape index (κ2) is 8.49. The van der Waals surface area contributed by atoms with Crippen LogP contribution in [0.4, 0.5) is 4.79 Å². The summed E-state index contributed by atoms with van der Waals surface area (Å²) < 4.78 is 0. The molecule has 0 spiro atoms. The first-order valence-electron chi connectivity index (χ1n) is 7.48. The van der Waals surface area contributed by atoms with Crippen molar-refractivity contribution in [1.82, 2.24) is 10.6 Å². The summed E-state index contributed by atoms with van der Waals surface area (Å²) in [4.78, 5) is 33.6. The van der Waals surface area contributed by atoms with Gasteiger partial charge in [0.25, 0.3) is 0 Å². The summed E-state index contributed by atoms with van der Waals surface area (Å²) in [7, 11) is 0. The van der Waals surface area contributed by atoms with Gasteiger partial charge >= 0.3 is 12.0 Å². The minimum Gasteiger partial charge on any atom is -0.480 e. The molecule has 0 aromatic carbocycles. The van der Waals surface area contributed by atoms with E-state index >= 15 is 0 Å². The molecule has 2 unspecified atom stereocenters. The third-order valence-electron chi connectivity index (χ3n) is 4.00. The first-order chi connectivity index (χ1) is 9.90. The molecule has 2 atom stereocenters. The Kier molecular flexibility index (Phi) is 6.98. The molecule has 120 valence electrons. The summed E-state index contributed by atoms with van der Waals surface area (Å²) in [5, 5.41) is 14.2. The Labute approximate surface area is 124 Å². The van der Waals surface area contributed by atoms with Crippen molar-refractivity contribution in [2.75, 3.05) is 0 Å². The van der Waals surface area contributed by atoms with E-state index in [9.17, 15) is 14.4 Å². The Morgan fingerprint density at radius 1 is 1.19 bits per heavy atom. The molecule has 0 heterocycles. The fourth-order valence-electron chi connectivity index (χ4n) is 2.70. The summed E-state index contributed by atoms with van der Waals surface area (Å²) in [6.45, 7) is 1.94. The highest BCUT2D eigenvalue weighted by Gasteiger charge is 2.24. The van der Waals surface area contributed by atoms with Crippen LogP contribution in [0, 0.1) is 5.92 Å². The van der Waals surface area contributed by atoms with Crippen molar-refractivity contribution >= 4 is 17.9 Å². The molecular weight excluding hydrogens is 274 g/mol. The van der Waals surface area contributed by atoms with Crippen LogP contribution in [0.1, 0.15) is 51.9 Å². The normalized spacial score (nSPS) is 18.5. The second-order valence-corrected chi connectivity index (χ2v) is 5.70. The Hall–Kier alpha value is -1.79. The van der Waals surface area contributed by atoms with Gasteiger partial charge in [-0.15, -0.1) is 0 Å². The Bertz CT molecular complexity index is 380. The van der Waals surface area contributed by atoms with Crippen LogP contribution in [0.3, 0.4) is 0 Å². The van der Waals surface area contributed by atoms with Gasteiger partial charge in [-0.3, -0.25) is 4.79 Å². The Morgan fingerprint density at radius 2 is 1.81 bits per heavy atom. The minimum atomic E-state index is -1.17. The lowest BCUT2D eigenvalue weighted by atomic mass is 9.85. The molecule has 0 bridgehead atoms. The van der Waals surface area contributed by atoms with Crippen LogP contribution >= 0.6 is 0 Å². The molecule has 0 aromatic heterocycles. The lowest BCUT2D eigenvalue weighted by Crippen LogP contribution is -2.50. The summed E-state index contributed by atoms with van der Waals surface area (Å²) in [6.07, 6.45) is 5.69. The van der Waals surface area contributed by atoms with Crippen molar-refractivity contribution in [2.45, 2.75) is 64.0 Å². The molecule has 7 heteroatoms. The molecule has 0 aliphatic heterocycles. The van der Waals surface area contributed by atoms with Gasteiger partial charge in [0.05, 0.1) is 0 Å². The zero-order chi connectivity index (χ0) is 15.8. The molecule has 21 heavy (non-hydrogen) atoms. The molecular formula is C14H25N3O4. The van der Waals surface area contributed by atoms with Crippen molar-refractivity contribution in [3.8, 4) is 0 Å². The highest BCUT2D eigenvalue weighted by atomic mass is 16.4. The molecule has 3 amide bonds. The smallest absolute Gasteiger partial charge is 0.326 e. The lowest BCUT2D eigenvalue weighted by Gasteiger charge is -2.28. The van der Waals surface area contributed by atoms with Crippen LogP contribution in [0.15, 0.2) is 0 Å². The maximum absolute atomic E-state index is 11.9. The van der Waals surface area contributed by atoms with E-state index in [2.05, 4.69) is 10.6 Å². The monoisotopic (exact) mass is 299 g/mol. The number of carbonyl (C=O) groups is 3. The van der Waals surface area contributed by atoms with Gasteiger partial charge in [-0.25, -0.2) is 9.59 Å². The van der Waals surface area contributed by atoms with Crippen LogP contribution < -0.4 is 16.4 Å². The molecule has 0 aromatic rings. The lowest BCUT2D eigenvalue weighted by molar-refractivity contribution is -0.139. The highest BCUT2D eigenvalue weighted by Crippen LogP contribution is 2.26. The standard InChI is InChI=1S/C14H25N3O4/c1-9(10-5-3-2-4-6-10)16-14(21)17-11(13(19)20)7-8-12(15)18/h9-11H,2-8H2,1H3,(H2,15,18)(H,19,20)(H2,16,17,21). The number of aliphatic carboxylic acids is 1. The Morgan fingerprint density at radius 3 is 2.33 bits per heavy atom. The SMILES string of the molecule is CC(NC(=O)NC(CCC(N)=O)C(=O)O)C1CCCCC1. The maximum atomic E-state index is 11.9. The van der Waals surface area contributed by atoms with Gasteiger partial charge in [-0.05, 0) is 32.1 Å². The largest absolute Gasteiger partial charge is 0.480 e. The van der Waals surface area contributed by atoms with Crippen molar-refractivity contribution in [1.29, 1.82) is 0 Å². The van der Waals surface area contributed by atoms with E-state index in [0.29, 0.717) is 5.92 Å². The number of nitrogens with one attached hydrogen (secondary N) is 2. The van der Waals surface area contributed by atoms with Gasteiger partial charge in [-0.2, -0.15) is 0 Å². The van der Waals surface area contributed by atoms with E-state index in [0.717, 1.165) is 12.8 Å². The number of hydrogen-bond acceptors (Lipinski definition) is 3. The van der Waals surface area contributed by atoms with Crippen LogP contribution in [0.2, 0.25) is 0 Å². The van der Waals surface area contributed by atoms with E-state index in [-0.39, 0.29) is 18.9 Å². The number of primary amides is 1. The van der Waals surface area contributed by atoms with Crippen molar-refractivity contribution < 1.29 is 19.5 Å². The van der Waals surface area contributed by atoms with Gasteiger partial charge in [0.15, 0.2) is 0 Å². The number of carboxylic acids is 1. The molecule has 1 aliphatic rings. The van der Waals surface area contributed by atoms with Gasteiger partial charge < -0.3 is 21.5 Å². The summed E-state index contributed by atoms with van der Waals surface area (Å²) >= 11 is 0. The quantitative estimate of drug-likeness (QED) is 0.559. The average molecular weight is 299 g/mol. The molecule has 0 saturated heterocycles. The number of amides is 3. The summed E-state index contributed by atoms with van der Waals surface area (Å²) in [5.41, 5.74) is 4.99. The summed E-state index contributed by atoms with van der Waals surface area (Å²) in [5.74, 6) is -1.31. The predicted molar refractivity (Wildman–Crippen MR) is 77.6 cm³/mol. The zero-order valence-corrected chi connectivity index (χ0v) is 12.4. The number of nitrogens with two attached hydrogens (primary N) is 1. The molecule has 1 aliphatic carbocycles. The molecule has 0 radical (unpaired) electrons. The van der Waals surface area contributed by atoms with Gasteiger partial charge in [0.2, 0.25) is 5.91 Å². The van der Waals surface area contributed by atoms with Crippen molar-refractivity contribution in [3.63, 3.8) is 0 Å². The summed E-state index contributed by atoms with van der Waals surface area (Å²) in [6, 6.07) is -1.60. The van der Waals surface area contributed by atoms with Gasteiger partial charge in [-0.1, -0.05) is 19.3 Å². The van der Waals surface area contributed by atoms with E-state index in [1.807, 2.05) is 6.92 Å². The number of hydrogen-bond donors (Lipinski definition) is 4. The van der Waals surface area contributed by atoms with E-state index in [1.54, 1.807) is 0 Å². The minimum absolute atomic E-state index is 0.00407. The Balaban J connectivity index is 2.41. The van der Waals surface area contributed by atoms with Crippen LogP contribution in [-0.4, -0.2) is 35.1 Å². The fraction of sp³-hybridized carbons (Fsp3) is 0.786. The maximum Gasteiger partial charge on any atom is 0.326 e. The molecule has 1 fully saturated rings. The number of urea groups is 1. The number of rotatable bonds is 7. The van der Waals surface area contributed by atoms with E-state index in [1.165, 1.54) is 19.3 Å². The van der Waals surface area contributed by atoms with Crippen LogP contribution in [0.25, 0.3) is 0 Å².